The molecule has 0 bridgehead atoms. The van der Waals surface area contributed by atoms with Gasteiger partial charge in [0.15, 0.2) is 5.11 Å². The van der Waals surface area contributed by atoms with Gasteiger partial charge in [-0.2, -0.15) is 0 Å². The third-order valence-electron chi connectivity index (χ3n) is 2.22. The Balaban J connectivity index is 2.40. The summed E-state index contributed by atoms with van der Waals surface area (Å²) in [6.45, 7) is 4.44. The molecule has 1 saturated heterocycles. The van der Waals surface area contributed by atoms with Crippen LogP contribution in [0, 0.1) is 0 Å². The van der Waals surface area contributed by atoms with E-state index in [4.69, 9.17) is 12.2 Å². The molecule has 0 unspecified atom stereocenters. The van der Waals surface area contributed by atoms with Gasteiger partial charge in [0.25, 0.3) is 0 Å². The fourth-order valence-electron chi connectivity index (χ4n) is 1.41. The zero-order chi connectivity index (χ0) is 8.97. The molecule has 0 aromatic carbocycles. The van der Waals surface area contributed by atoms with Crippen molar-refractivity contribution in [1.82, 2.24) is 15.1 Å². The Morgan fingerprint density at radius 3 is 2.67 bits per heavy atom. The molecule has 0 saturated carbocycles. The third kappa shape index (κ3) is 2.60. The average molecular weight is 187 g/mol. The molecule has 1 rings (SSSR count). The maximum Gasteiger partial charge on any atom is 0.168 e. The van der Waals surface area contributed by atoms with E-state index in [1.165, 1.54) is 13.0 Å². The molecule has 4 heteroatoms. The van der Waals surface area contributed by atoms with Crippen LogP contribution in [0.2, 0.25) is 0 Å². The molecule has 0 radical (unpaired) electrons. The molecule has 1 aliphatic heterocycles. The fourth-order valence-corrected chi connectivity index (χ4v) is 1.59. The second-order valence-electron chi connectivity index (χ2n) is 3.20. The Bertz CT molecular complexity index is 160. The van der Waals surface area contributed by atoms with Crippen molar-refractivity contribution in [1.29, 1.82) is 0 Å². The van der Waals surface area contributed by atoms with Gasteiger partial charge in [0.2, 0.25) is 0 Å². The summed E-state index contributed by atoms with van der Waals surface area (Å²) in [6.07, 6.45) is 1.21. The first-order valence-electron chi connectivity index (χ1n) is 4.39. The van der Waals surface area contributed by atoms with Gasteiger partial charge >= 0.3 is 0 Å². The van der Waals surface area contributed by atoms with Crippen LogP contribution in [0.15, 0.2) is 0 Å². The first kappa shape index (κ1) is 9.74. The molecule has 0 aromatic heterocycles. The highest BCUT2D eigenvalue weighted by molar-refractivity contribution is 7.80. The molecule has 70 valence electrons. The molecule has 1 heterocycles. The van der Waals surface area contributed by atoms with Gasteiger partial charge in [0.05, 0.1) is 0 Å². The van der Waals surface area contributed by atoms with Crippen LogP contribution in [0.25, 0.3) is 0 Å². The Morgan fingerprint density at radius 2 is 2.00 bits per heavy atom. The molecule has 1 aliphatic rings. The van der Waals surface area contributed by atoms with E-state index < -0.39 is 0 Å². The van der Waals surface area contributed by atoms with Gasteiger partial charge < -0.3 is 15.1 Å². The quantitative estimate of drug-likeness (QED) is 0.543. The molecular weight excluding hydrogens is 170 g/mol. The van der Waals surface area contributed by atoms with Crippen LogP contribution in [-0.2, 0) is 0 Å². The summed E-state index contributed by atoms with van der Waals surface area (Å²) in [5.41, 5.74) is 0. The number of rotatable bonds is 0. The van der Waals surface area contributed by atoms with Gasteiger partial charge in [-0.25, -0.2) is 0 Å². The molecule has 0 atom stereocenters. The number of nitrogens with zero attached hydrogens (tertiary/aromatic N) is 2. The van der Waals surface area contributed by atoms with Crippen LogP contribution in [0.5, 0.6) is 0 Å². The number of thiocarbonyl (C=S) groups is 1. The van der Waals surface area contributed by atoms with Crippen LogP contribution in [0.3, 0.4) is 0 Å². The topological polar surface area (TPSA) is 18.5 Å². The van der Waals surface area contributed by atoms with E-state index in [2.05, 4.69) is 22.2 Å². The summed E-state index contributed by atoms with van der Waals surface area (Å²) in [7, 11) is 4.04. The van der Waals surface area contributed by atoms with E-state index in [1.54, 1.807) is 0 Å². The molecule has 12 heavy (non-hydrogen) atoms. The summed E-state index contributed by atoms with van der Waals surface area (Å²) in [6, 6.07) is 0. The van der Waals surface area contributed by atoms with Crippen molar-refractivity contribution in [2.45, 2.75) is 6.42 Å². The Hall–Kier alpha value is -0.350. The first-order chi connectivity index (χ1) is 5.74. The Kier molecular flexibility index (Phi) is 3.75. The second-order valence-corrected chi connectivity index (χ2v) is 3.59. The Labute approximate surface area is 79.7 Å². The SMILES string of the molecule is CNC(=S)N1CCCN(C)CC1. The highest BCUT2D eigenvalue weighted by Crippen LogP contribution is 2.00. The fraction of sp³-hybridized carbons (Fsp3) is 0.875. The van der Waals surface area contributed by atoms with Gasteiger partial charge in [-0.3, -0.25) is 0 Å². The molecule has 0 aliphatic carbocycles. The molecule has 0 spiro atoms. The van der Waals surface area contributed by atoms with E-state index in [0.29, 0.717) is 0 Å². The normalized spacial score (nSPS) is 20.3. The number of hydrogen-bond acceptors (Lipinski definition) is 2. The zero-order valence-electron chi connectivity index (χ0n) is 7.84. The summed E-state index contributed by atoms with van der Waals surface area (Å²) < 4.78 is 0. The maximum atomic E-state index is 5.17. The van der Waals surface area contributed by atoms with Crippen molar-refractivity contribution in [3.63, 3.8) is 0 Å². The first-order valence-corrected chi connectivity index (χ1v) is 4.80. The molecule has 3 nitrogen and oxygen atoms in total. The monoisotopic (exact) mass is 187 g/mol. The van der Waals surface area contributed by atoms with Crippen molar-refractivity contribution >= 4 is 17.3 Å². The van der Waals surface area contributed by atoms with Crippen molar-refractivity contribution < 1.29 is 0 Å². The average Bonchev–Trinajstić information content (AvgIpc) is 2.29. The summed E-state index contributed by atoms with van der Waals surface area (Å²) in [5.74, 6) is 0. The molecule has 1 N–H and O–H groups in total. The van der Waals surface area contributed by atoms with Gasteiger partial charge in [0.1, 0.15) is 0 Å². The standard InChI is InChI=1S/C8H17N3S/c1-9-8(12)11-5-3-4-10(2)6-7-11/h3-7H2,1-2H3,(H,9,12). The van der Waals surface area contributed by atoms with E-state index in [0.717, 1.165) is 24.7 Å². The minimum atomic E-state index is 0.880. The van der Waals surface area contributed by atoms with E-state index in [-0.39, 0.29) is 0 Å². The summed E-state index contributed by atoms with van der Waals surface area (Å²) in [4.78, 5) is 4.58. The van der Waals surface area contributed by atoms with Crippen LogP contribution in [-0.4, -0.2) is 55.2 Å². The van der Waals surface area contributed by atoms with Crippen LogP contribution in [0.4, 0.5) is 0 Å². The molecule has 0 aromatic rings. The lowest BCUT2D eigenvalue weighted by Crippen LogP contribution is -2.39. The highest BCUT2D eigenvalue weighted by atomic mass is 32.1. The van der Waals surface area contributed by atoms with Gasteiger partial charge in [0, 0.05) is 26.7 Å². The summed E-state index contributed by atoms with van der Waals surface area (Å²) >= 11 is 5.17. The lowest BCUT2D eigenvalue weighted by molar-refractivity contribution is 0.346. The molecule has 0 amide bonds. The minimum absolute atomic E-state index is 0.880. The molecule has 1 fully saturated rings. The van der Waals surface area contributed by atoms with Crippen LogP contribution < -0.4 is 5.32 Å². The Morgan fingerprint density at radius 1 is 1.25 bits per heavy atom. The zero-order valence-corrected chi connectivity index (χ0v) is 8.65. The lowest BCUT2D eigenvalue weighted by atomic mass is 10.4. The number of nitrogens with one attached hydrogen (secondary N) is 1. The van der Waals surface area contributed by atoms with Gasteiger partial charge in [-0.15, -0.1) is 0 Å². The number of hydrogen-bond donors (Lipinski definition) is 1. The lowest BCUT2D eigenvalue weighted by Gasteiger charge is -2.22. The number of likely N-dealkylation sites (N-methyl/N-ethyl adjacent to an activating group) is 1. The van der Waals surface area contributed by atoms with Crippen LogP contribution >= 0.6 is 12.2 Å². The van der Waals surface area contributed by atoms with E-state index >= 15 is 0 Å². The third-order valence-corrected chi connectivity index (χ3v) is 2.68. The largest absolute Gasteiger partial charge is 0.366 e. The van der Waals surface area contributed by atoms with Crippen molar-refractivity contribution in [2.75, 3.05) is 40.3 Å². The smallest absolute Gasteiger partial charge is 0.168 e. The maximum absolute atomic E-state index is 5.17. The minimum Gasteiger partial charge on any atom is -0.366 e. The van der Waals surface area contributed by atoms with Gasteiger partial charge in [-0.05, 0) is 32.2 Å². The molecular formula is C8H17N3S. The highest BCUT2D eigenvalue weighted by Gasteiger charge is 2.12. The van der Waals surface area contributed by atoms with Crippen molar-refractivity contribution in [3.8, 4) is 0 Å². The van der Waals surface area contributed by atoms with Crippen molar-refractivity contribution in [3.05, 3.63) is 0 Å². The van der Waals surface area contributed by atoms with Crippen molar-refractivity contribution in [2.24, 2.45) is 0 Å². The van der Waals surface area contributed by atoms with E-state index in [1.807, 2.05) is 7.05 Å². The second kappa shape index (κ2) is 4.62. The summed E-state index contributed by atoms with van der Waals surface area (Å²) in [5, 5.41) is 3.90. The van der Waals surface area contributed by atoms with E-state index in [9.17, 15) is 0 Å². The predicted molar refractivity (Wildman–Crippen MR) is 55.3 cm³/mol. The predicted octanol–water partition coefficient (Wildman–Crippen LogP) is 0.128. The van der Waals surface area contributed by atoms with Gasteiger partial charge in [-0.1, -0.05) is 0 Å². The van der Waals surface area contributed by atoms with Crippen LogP contribution in [0.1, 0.15) is 6.42 Å².